The molecule has 0 aliphatic heterocycles. The molecule has 1 unspecified atom stereocenters. The lowest BCUT2D eigenvalue weighted by atomic mass is 9.88. The molecule has 0 heterocycles. The number of carbonyl (C=O) groups is 1. The molecule has 1 aliphatic rings. The average molecular weight is 288 g/mol. The molecule has 110 valence electrons. The number of allylic oxidation sites excluding steroid dienone is 1. The Bertz CT molecular complexity index is 381. The first kappa shape index (κ1) is 16.5. The van der Waals surface area contributed by atoms with Gasteiger partial charge < -0.3 is 10.00 Å². The molecule has 0 radical (unpaired) electrons. The summed E-state index contributed by atoms with van der Waals surface area (Å²) in [5.41, 5.74) is 0.124. The monoisotopic (exact) mass is 288 g/mol. The van der Waals surface area contributed by atoms with Crippen molar-refractivity contribution in [3.8, 4) is 0 Å². The van der Waals surface area contributed by atoms with Gasteiger partial charge in [-0.15, -0.1) is 0 Å². The molecule has 2 N–H and O–H groups in total. The topological polar surface area (TPSA) is 74.6 Å². The zero-order valence-corrected chi connectivity index (χ0v) is 12.7. The molecule has 0 bridgehead atoms. The Hall–Kier alpha value is -0.600. The molecule has 0 amide bonds. The first-order valence-electron chi connectivity index (χ1n) is 7.05. The summed E-state index contributed by atoms with van der Waals surface area (Å²) in [6, 6.07) is 0. The molecule has 1 rings (SSSR count). The van der Waals surface area contributed by atoms with E-state index in [9.17, 15) is 19.4 Å². The Kier molecular flexibility index (Phi) is 6.28. The van der Waals surface area contributed by atoms with Crippen LogP contribution in [-0.4, -0.2) is 28.3 Å². The molecule has 19 heavy (non-hydrogen) atoms. The minimum absolute atomic E-state index is 0.0977. The van der Waals surface area contributed by atoms with Crippen LogP contribution in [0.1, 0.15) is 46.0 Å². The molecule has 1 atom stereocenters. The van der Waals surface area contributed by atoms with E-state index in [1.54, 1.807) is 6.08 Å². The highest BCUT2D eigenvalue weighted by atomic mass is 31.2. The molecule has 1 fully saturated rings. The summed E-state index contributed by atoms with van der Waals surface area (Å²) in [6.07, 6.45) is 7.16. The predicted molar refractivity (Wildman–Crippen MR) is 76.7 cm³/mol. The number of aliphatic carboxylic acids is 1. The summed E-state index contributed by atoms with van der Waals surface area (Å²) in [7, 11) is -3.38. The molecule has 0 aromatic carbocycles. The number of rotatable bonds is 6. The van der Waals surface area contributed by atoms with Gasteiger partial charge in [-0.1, -0.05) is 39.2 Å². The number of carboxylic acids is 1. The molecule has 0 aromatic rings. The summed E-state index contributed by atoms with van der Waals surface area (Å²) >= 11 is 0. The van der Waals surface area contributed by atoms with Crippen LogP contribution in [0, 0.1) is 11.8 Å². The Balaban J connectivity index is 2.74. The standard InChI is InChI=1S/C14H25O4P/c1-11(2)9-19(17,18)10-13(14(15)16)8-12-6-4-3-5-7-12/h8,11-12H,3-7,9-10H2,1-2H3,(H,15,16)(H,17,18)/b13-8+. The van der Waals surface area contributed by atoms with E-state index in [-0.39, 0.29) is 29.7 Å². The van der Waals surface area contributed by atoms with E-state index in [2.05, 4.69) is 0 Å². The molecule has 1 saturated carbocycles. The molecule has 4 nitrogen and oxygen atoms in total. The molecule has 5 heteroatoms. The second-order valence-corrected chi connectivity index (χ2v) is 8.35. The van der Waals surface area contributed by atoms with Crippen LogP contribution in [0.2, 0.25) is 0 Å². The van der Waals surface area contributed by atoms with Crippen LogP contribution in [0.4, 0.5) is 0 Å². The first-order chi connectivity index (χ1) is 8.80. The second kappa shape index (κ2) is 7.25. The summed E-state index contributed by atoms with van der Waals surface area (Å²) in [5.74, 6) is -0.692. The van der Waals surface area contributed by atoms with Crippen LogP contribution >= 0.6 is 7.37 Å². The van der Waals surface area contributed by atoms with Gasteiger partial charge in [-0.05, 0) is 24.7 Å². The smallest absolute Gasteiger partial charge is 0.331 e. The van der Waals surface area contributed by atoms with E-state index < -0.39 is 13.3 Å². The van der Waals surface area contributed by atoms with E-state index in [4.69, 9.17) is 0 Å². The lowest BCUT2D eigenvalue weighted by molar-refractivity contribution is -0.132. The van der Waals surface area contributed by atoms with Crippen LogP contribution in [0.5, 0.6) is 0 Å². The van der Waals surface area contributed by atoms with Crippen LogP contribution in [0.3, 0.4) is 0 Å². The van der Waals surface area contributed by atoms with Crippen molar-refractivity contribution in [2.75, 3.05) is 12.3 Å². The Morgan fingerprint density at radius 1 is 1.32 bits per heavy atom. The Labute approximate surface area is 115 Å². The van der Waals surface area contributed by atoms with Crippen LogP contribution in [-0.2, 0) is 9.36 Å². The van der Waals surface area contributed by atoms with Gasteiger partial charge in [-0.25, -0.2) is 4.79 Å². The molecule has 0 spiro atoms. The summed E-state index contributed by atoms with van der Waals surface area (Å²) in [4.78, 5) is 21.1. The third-order valence-electron chi connectivity index (χ3n) is 3.43. The van der Waals surface area contributed by atoms with Gasteiger partial charge in [0.1, 0.15) is 0 Å². The second-order valence-electron chi connectivity index (χ2n) is 5.98. The highest BCUT2D eigenvalue weighted by Gasteiger charge is 2.25. The van der Waals surface area contributed by atoms with Crippen LogP contribution in [0.25, 0.3) is 0 Å². The van der Waals surface area contributed by atoms with Crippen LogP contribution < -0.4 is 0 Å². The molecule has 0 aromatic heterocycles. The van der Waals surface area contributed by atoms with E-state index in [0.717, 1.165) is 25.7 Å². The van der Waals surface area contributed by atoms with Gasteiger partial charge in [0, 0.05) is 11.7 Å². The number of hydrogen-bond donors (Lipinski definition) is 2. The van der Waals surface area contributed by atoms with Crippen molar-refractivity contribution >= 4 is 13.3 Å². The molecular formula is C14H25O4P. The highest BCUT2D eigenvalue weighted by molar-refractivity contribution is 7.58. The average Bonchev–Trinajstić information content (AvgIpc) is 2.27. The van der Waals surface area contributed by atoms with Gasteiger partial charge in [-0.2, -0.15) is 0 Å². The Morgan fingerprint density at radius 3 is 2.37 bits per heavy atom. The number of carboxylic acid groups (broad SMARTS) is 1. The maximum Gasteiger partial charge on any atom is 0.331 e. The van der Waals surface area contributed by atoms with Crippen molar-refractivity contribution in [3.63, 3.8) is 0 Å². The van der Waals surface area contributed by atoms with Gasteiger partial charge in [0.25, 0.3) is 0 Å². The SMILES string of the molecule is CC(C)CP(=O)(O)C/C(=C\C1CCCCC1)C(=O)O. The number of hydrogen-bond acceptors (Lipinski definition) is 2. The normalized spacial score (nSPS) is 21.4. The maximum absolute atomic E-state index is 12.0. The third kappa shape index (κ3) is 6.40. The predicted octanol–water partition coefficient (Wildman–Crippen LogP) is 3.50. The van der Waals surface area contributed by atoms with E-state index >= 15 is 0 Å². The molecule has 1 aliphatic carbocycles. The Morgan fingerprint density at radius 2 is 1.89 bits per heavy atom. The fourth-order valence-electron chi connectivity index (χ4n) is 2.68. The van der Waals surface area contributed by atoms with Gasteiger partial charge in [0.05, 0.1) is 6.16 Å². The van der Waals surface area contributed by atoms with Crippen LogP contribution in [0.15, 0.2) is 11.6 Å². The lowest BCUT2D eigenvalue weighted by Crippen LogP contribution is -2.12. The van der Waals surface area contributed by atoms with Crippen molar-refractivity contribution in [1.82, 2.24) is 0 Å². The highest BCUT2D eigenvalue weighted by Crippen LogP contribution is 2.44. The fraction of sp³-hybridized carbons (Fsp3) is 0.786. The van der Waals surface area contributed by atoms with E-state index in [0.29, 0.717) is 0 Å². The maximum atomic E-state index is 12.0. The van der Waals surface area contributed by atoms with Gasteiger partial charge in [-0.3, -0.25) is 4.57 Å². The van der Waals surface area contributed by atoms with Crippen molar-refractivity contribution < 1.29 is 19.4 Å². The first-order valence-corrected chi connectivity index (χ1v) is 9.08. The van der Waals surface area contributed by atoms with E-state index in [1.807, 2.05) is 13.8 Å². The quantitative estimate of drug-likeness (QED) is 0.579. The van der Waals surface area contributed by atoms with Gasteiger partial charge in [0.2, 0.25) is 7.37 Å². The molecular weight excluding hydrogens is 263 g/mol. The zero-order chi connectivity index (χ0) is 14.5. The summed E-state index contributed by atoms with van der Waals surface area (Å²) < 4.78 is 12.0. The summed E-state index contributed by atoms with van der Waals surface area (Å²) in [5, 5.41) is 9.20. The fourth-order valence-corrected chi connectivity index (χ4v) is 4.72. The third-order valence-corrected chi connectivity index (χ3v) is 5.56. The lowest BCUT2D eigenvalue weighted by Gasteiger charge is -2.20. The summed E-state index contributed by atoms with van der Waals surface area (Å²) in [6.45, 7) is 3.74. The molecule has 0 saturated heterocycles. The van der Waals surface area contributed by atoms with Gasteiger partial charge >= 0.3 is 5.97 Å². The van der Waals surface area contributed by atoms with Crippen molar-refractivity contribution in [2.45, 2.75) is 46.0 Å². The zero-order valence-electron chi connectivity index (χ0n) is 11.8. The minimum atomic E-state index is -3.38. The van der Waals surface area contributed by atoms with Gasteiger partial charge in [0.15, 0.2) is 0 Å². The van der Waals surface area contributed by atoms with Crippen molar-refractivity contribution in [3.05, 3.63) is 11.6 Å². The van der Waals surface area contributed by atoms with E-state index in [1.165, 1.54) is 6.42 Å². The van der Waals surface area contributed by atoms with Crippen molar-refractivity contribution in [1.29, 1.82) is 0 Å². The largest absolute Gasteiger partial charge is 0.478 e. The minimum Gasteiger partial charge on any atom is -0.478 e. The van der Waals surface area contributed by atoms with Crippen molar-refractivity contribution in [2.24, 2.45) is 11.8 Å².